The van der Waals surface area contributed by atoms with E-state index in [1.54, 1.807) is 7.11 Å². The number of hydrogen-bond acceptors (Lipinski definition) is 6. The molecule has 0 amide bonds. The van der Waals surface area contributed by atoms with E-state index in [4.69, 9.17) is 14.0 Å². The highest BCUT2D eigenvalue weighted by Gasteiger charge is 2.16. The normalized spacial score (nSPS) is 10.8. The van der Waals surface area contributed by atoms with Gasteiger partial charge in [0, 0.05) is 5.39 Å². The second-order valence-corrected chi connectivity index (χ2v) is 5.85. The number of fused-ring (bicyclic) bond motifs is 1. The largest absolute Gasteiger partial charge is 0.484 e. The third kappa shape index (κ3) is 3.21. The van der Waals surface area contributed by atoms with Gasteiger partial charge in [0.25, 0.3) is 5.89 Å². The van der Waals surface area contributed by atoms with E-state index < -0.39 is 0 Å². The average molecular weight is 347 g/mol. The number of aromatic nitrogens is 3. The number of rotatable bonds is 5. The number of para-hydroxylation sites is 1. The fraction of sp³-hybridized carbons (Fsp3) is 0.150. The Balaban J connectivity index is 1.63. The summed E-state index contributed by atoms with van der Waals surface area (Å²) in [6, 6.07) is 17.5. The predicted molar refractivity (Wildman–Crippen MR) is 97.1 cm³/mol. The zero-order valence-corrected chi connectivity index (χ0v) is 14.5. The van der Waals surface area contributed by atoms with Crippen LogP contribution < -0.4 is 9.47 Å². The standard InChI is InChI=1S/C20H17N3O3/c1-13-8-9-14-11-16(20(24-2)21-17(14)10-13)19-22-18(26-23-19)12-25-15-6-4-3-5-7-15/h3-11H,12H2,1-2H3. The van der Waals surface area contributed by atoms with Crippen molar-refractivity contribution in [2.75, 3.05) is 7.11 Å². The highest BCUT2D eigenvalue weighted by Crippen LogP contribution is 2.30. The van der Waals surface area contributed by atoms with Gasteiger partial charge >= 0.3 is 0 Å². The van der Waals surface area contributed by atoms with Crippen molar-refractivity contribution in [3.63, 3.8) is 0 Å². The maximum absolute atomic E-state index is 5.64. The maximum Gasteiger partial charge on any atom is 0.264 e. The lowest BCUT2D eigenvalue weighted by molar-refractivity contribution is 0.243. The highest BCUT2D eigenvalue weighted by atomic mass is 16.5. The molecule has 130 valence electrons. The van der Waals surface area contributed by atoms with Gasteiger partial charge < -0.3 is 14.0 Å². The van der Waals surface area contributed by atoms with E-state index in [2.05, 4.69) is 15.1 Å². The Bertz CT molecular complexity index is 1040. The maximum atomic E-state index is 5.64. The molecule has 0 aliphatic carbocycles. The van der Waals surface area contributed by atoms with Gasteiger partial charge in [-0.05, 0) is 36.8 Å². The number of methoxy groups -OCH3 is 1. The molecule has 0 atom stereocenters. The van der Waals surface area contributed by atoms with Gasteiger partial charge in [-0.15, -0.1) is 0 Å². The number of pyridine rings is 1. The van der Waals surface area contributed by atoms with E-state index in [0.29, 0.717) is 23.2 Å². The van der Waals surface area contributed by atoms with Crippen molar-refractivity contribution >= 4 is 10.9 Å². The monoisotopic (exact) mass is 347 g/mol. The molecule has 0 aliphatic heterocycles. The minimum Gasteiger partial charge on any atom is -0.484 e. The van der Waals surface area contributed by atoms with Gasteiger partial charge in [-0.3, -0.25) is 0 Å². The zero-order chi connectivity index (χ0) is 17.9. The van der Waals surface area contributed by atoms with Crippen LogP contribution in [0.5, 0.6) is 11.6 Å². The van der Waals surface area contributed by atoms with Gasteiger partial charge in [0.05, 0.1) is 18.2 Å². The number of nitrogens with zero attached hydrogens (tertiary/aromatic N) is 3. The summed E-state index contributed by atoms with van der Waals surface area (Å²) in [5.74, 6) is 2.00. The molecule has 0 aliphatic rings. The molecule has 0 N–H and O–H groups in total. The number of benzene rings is 2. The van der Waals surface area contributed by atoms with Crippen molar-refractivity contribution in [2.45, 2.75) is 13.5 Å². The lowest BCUT2D eigenvalue weighted by Gasteiger charge is -2.07. The van der Waals surface area contributed by atoms with Crippen LogP contribution in [0.4, 0.5) is 0 Å². The first-order valence-corrected chi connectivity index (χ1v) is 8.19. The minimum absolute atomic E-state index is 0.194. The molecule has 0 radical (unpaired) electrons. The first-order valence-electron chi connectivity index (χ1n) is 8.19. The quantitative estimate of drug-likeness (QED) is 0.539. The van der Waals surface area contributed by atoms with Crippen LogP contribution in [0.1, 0.15) is 11.5 Å². The third-order valence-corrected chi connectivity index (χ3v) is 3.95. The first-order chi connectivity index (χ1) is 12.7. The molecule has 4 aromatic rings. The Labute approximate surface area is 150 Å². The van der Waals surface area contributed by atoms with Gasteiger partial charge in [0.1, 0.15) is 5.75 Å². The van der Waals surface area contributed by atoms with E-state index in [0.717, 1.165) is 22.2 Å². The second kappa shape index (κ2) is 6.84. The topological polar surface area (TPSA) is 70.3 Å². The van der Waals surface area contributed by atoms with Gasteiger partial charge in [-0.1, -0.05) is 35.5 Å². The van der Waals surface area contributed by atoms with Crippen LogP contribution in [0.15, 0.2) is 59.1 Å². The molecule has 0 saturated carbocycles. The molecule has 0 bridgehead atoms. The van der Waals surface area contributed by atoms with E-state index in [9.17, 15) is 0 Å². The summed E-state index contributed by atoms with van der Waals surface area (Å²) in [4.78, 5) is 8.96. The fourth-order valence-electron chi connectivity index (χ4n) is 2.66. The van der Waals surface area contributed by atoms with Crippen molar-refractivity contribution in [3.8, 4) is 23.0 Å². The summed E-state index contributed by atoms with van der Waals surface area (Å²) in [5, 5.41) is 5.03. The van der Waals surface area contributed by atoms with E-state index in [1.165, 1.54) is 0 Å². The lowest BCUT2D eigenvalue weighted by Crippen LogP contribution is -1.96. The van der Waals surface area contributed by atoms with Crippen molar-refractivity contribution in [2.24, 2.45) is 0 Å². The van der Waals surface area contributed by atoms with Crippen LogP contribution in [-0.4, -0.2) is 22.2 Å². The Hall–Kier alpha value is -3.41. The highest BCUT2D eigenvalue weighted by molar-refractivity contribution is 5.85. The molecule has 2 aromatic heterocycles. The fourth-order valence-corrected chi connectivity index (χ4v) is 2.66. The van der Waals surface area contributed by atoms with E-state index in [1.807, 2.05) is 61.5 Å². The molecular weight excluding hydrogens is 330 g/mol. The van der Waals surface area contributed by atoms with Gasteiger partial charge in [-0.25, -0.2) is 4.98 Å². The first kappa shape index (κ1) is 16.1. The molecule has 0 unspecified atom stereocenters. The number of ether oxygens (including phenoxy) is 2. The summed E-state index contributed by atoms with van der Waals surface area (Å²) >= 11 is 0. The lowest BCUT2D eigenvalue weighted by atomic mass is 10.1. The Kier molecular flexibility index (Phi) is 4.23. The molecule has 0 saturated heterocycles. The molecule has 26 heavy (non-hydrogen) atoms. The molecular formula is C20H17N3O3. The summed E-state index contributed by atoms with van der Waals surface area (Å²) in [6.45, 7) is 2.22. The summed E-state index contributed by atoms with van der Waals surface area (Å²) < 4.78 is 16.4. The van der Waals surface area contributed by atoms with Crippen molar-refractivity contribution in [1.29, 1.82) is 0 Å². The number of hydrogen-bond donors (Lipinski definition) is 0. The SMILES string of the molecule is COc1nc2cc(C)ccc2cc1-c1noc(COc2ccccc2)n1. The van der Waals surface area contributed by atoms with Crippen molar-refractivity contribution < 1.29 is 14.0 Å². The second-order valence-electron chi connectivity index (χ2n) is 5.85. The van der Waals surface area contributed by atoms with E-state index in [-0.39, 0.29) is 6.61 Å². The van der Waals surface area contributed by atoms with Gasteiger partial charge in [-0.2, -0.15) is 4.98 Å². The van der Waals surface area contributed by atoms with Crippen LogP contribution in [-0.2, 0) is 6.61 Å². The zero-order valence-electron chi connectivity index (χ0n) is 14.5. The minimum atomic E-state index is 0.194. The van der Waals surface area contributed by atoms with Crippen LogP contribution in [0.2, 0.25) is 0 Å². The number of aryl methyl sites for hydroxylation is 1. The Morgan fingerprint density at radius 1 is 1.00 bits per heavy atom. The molecule has 6 nitrogen and oxygen atoms in total. The summed E-state index contributed by atoms with van der Waals surface area (Å²) in [6.07, 6.45) is 0. The molecule has 2 heterocycles. The smallest absolute Gasteiger partial charge is 0.264 e. The molecule has 4 rings (SSSR count). The molecule has 0 spiro atoms. The average Bonchev–Trinajstić information content (AvgIpc) is 3.15. The van der Waals surface area contributed by atoms with Gasteiger partial charge in [0.15, 0.2) is 6.61 Å². The Morgan fingerprint density at radius 2 is 1.85 bits per heavy atom. The van der Waals surface area contributed by atoms with Crippen LogP contribution in [0.3, 0.4) is 0 Å². The van der Waals surface area contributed by atoms with Crippen LogP contribution in [0, 0.1) is 6.92 Å². The van der Waals surface area contributed by atoms with E-state index >= 15 is 0 Å². The molecule has 0 fully saturated rings. The van der Waals surface area contributed by atoms with Crippen molar-refractivity contribution in [3.05, 3.63) is 66.1 Å². The summed E-state index contributed by atoms with van der Waals surface area (Å²) in [7, 11) is 1.58. The van der Waals surface area contributed by atoms with Gasteiger partial charge in [0.2, 0.25) is 11.7 Å². The predicted octanol–water partition coefficient (Wildman–Crippen LogP) is 4.18. The van der Waals surface area contributed by atoms with Crippen LogP contribution in [0.25, 0.3) is 22.3 Å². The third-order valence-electron chi connectivity index (χ3n) is 3.95. The molecule has 2 aromatic carbocycles. The van der Waals surface area contributed by atoms with Crippen LogP contribution >= 0.6 is 0 Å². The Morgan fingerprint density at radius 3 is 2.65 bits per heavy atom. The molecule has 6 heteroatoms. The summed E-state index contributed by atoms with van der Waals surface area (Å²) in [5.41, 5.74) is 2.68. The van der Waals surface area contributed by atoms with Crippen molar-refractivity contribution in [1.82, 2.24) is 15.1 Å².